The second kappa shape index (κ2) is 4.31. The molecule has 0 saturated heterocycles. The monoisotopic (exact) mass is 349 g/mol. The van der Waals surface area contributed by atoms with Crippen molar-refractivity contribution in [1.82, 2.24) is 4.98 Å². The molecular weight excluding hydrogens is 342 g/mol. The molecule has 0 spiro atoms. The van der Waals surface area contributed by atoms with Gasteiger partial charge in [-0.15, -0.1) is 0 Å². The van der Waals surface area contributed by atoms with Crippen molar-refractivity contribution in [2.75, 3.05) is 0 Å². The number of fused-ring (bicyclic) bond motifs is 1. The molecule has 0 aliphatic carbocycles. The fourth-order valence-electron chi connectivity index (χ4n) is 1.92. The molecule has 0 unspecified atom stereocenters. The summed E-state index contributed by atoms with van der Waals surface area (Å²) < 4.78 is 2.21. The molecule has 3 rings (SSSR count). The normalized spacial score (nSPS) is 10.9. The highest BCUT2D eigenvalue weighted by Crippen LogP contribution is 2.34. The van der Waals surface area contributed by atoms with Crippen LogP contribution in [0.5, 0.6) is 0 Å². The van der Waals surface area contributed by atoms with Crippen LogP contribution < -0.4 is 0 Å². The molecule has 0 amide bonds. The molecule has 3 aromatic rings. The molecule has 17 heavy (non-hydrogen) atoms. The first kappa shape index (κ1) is 11.1. The number of para-hydroxylation sites is 1. The summed E-state index contributed by atoms with van der Waals surface area (Å²) in [5.74, 6) is 0. The fraction of sp³-hybridized carbons (Fsp3) is 0. The van der Waals surface area contributed by atoms with Gasteiger partial charge in [0.15, 0.2) is 0 Å². The number of H-pyrrole nitrogens is 1. The molecule has 3 heteroatoms. The number of aromatic nitrogens is 1. The molecule has 1 N–H and O–H groups in total. The molecule has 2 aromatic carbocycles. The molecule has 0 bridgehead atoms. The van der Waals surface area contributed by atoms with Crippen LogP contribution in [-0.4, -0.2) is 4.98 Å². The van der Waals surface area contributed by atoms with Gasteiger partial charge in [0, 0.05) is 15.4 Å². The lowest BCUT2D eigenvalue weighted by Gasteiger charge is -1.99. The minimum atomic E-state index is 1.09. The Hall–Kier alpha value is -1.06. The zero-order valence-corrected chi connectivity index (χ0v) is 12.0. The van der Waals surface area contributed by atoms with E-state index in [0.717, 1.165) is 20.2 Å². The van der Waals surface area contributed by atoms with Crippen LogP contribution in [0.2, 0.25) is 0 Å². The maximum absolute atomic E-state index is 3.66. The van der Waals surface area contributed by atoms with Crippen LogP contribution in [0.3, 0.4) is 0 Å². The first-order valence-corrected chi connectivity index (χ1v) is 6.86. The summed E-state index contributed by atoms with van der Waals surface area (Å²) in [6, 6.07) is 16.6. The molecule has 1 heterocycles. The van der Waals surface area contributed by atoms with Gasteiger partial charge in [0.25, 0.3) is 0 Å². The van der Waals surface area contributed by atoms with Gasteiger partial charge in [-0.2, -0.15) is 0 Å². The molecule has 0 aliphatic heterocycles. The largest absolute Gasteiger partial charge is 0.354 e. The van der Waals surface area contributed by atoms with E-state index in [2.05, 4.69) is 61.1 Å². The van der Waals surface area contributed by atoms with Crippen LogP contribution in [-0.2, 0) is 0 Å². The standard InChI is InChI=1S/C14H9Br2N/c15-10-7-5-9(6-8-10)14-13(16)11-3-1-2-4-12(11)17-14/h1-8,17H. The van der Waals surface area contributed by atoms with Gasteiger partial charge in [-0.3, -0.25) is 0 Å². The lowest BCUT2D eigenvalue weighted by atomic mass is 10.1. The Labute approximate surface area is 116 Å². The average Bonchev–Trinajstić information content (AvgIpc) is 2.69. The Balaban J connectivity index is 2.24. The van der Waals surface area contributed by atoms with Crippen molar-refractivity contribution < 1.29 is 0 Å². The topological polar surface area (TPSA) is 15.8 Å². The van der Waals surface area contributed by atoms with E-state index in [1.807, 2.05) is 24.3 Å². The van der Waals surface area contributed by atoms with Gasteiger partial charge in [0.05, 0.1) is 10.2 Å². The van der Waals surface area contributed by atoms with Crippen LogP contribution >= 0.6 is 31.9 Å². The molecule has 0 radical (unpaired) electrons. The summed E-state index contributed by atoms with van der Waals surface area (Å²) in [6.45, 7) is 0. The molecular formula is C14H9Br2N. The molecule has 0 fully saturated rings. The minimum Gasteiger partial charge on any atom is -0.354 e. The van der Waals surface area contributed by atoms with E-state index >= 15 is 0 Å². The Morgan fingerprint density at radius 3 is 2.24 bits per heavy atom. The molecule has 1 nitrogen and oxygen atoms in total. The van der Waals surface area contributed by atoms with Crippen LogP contribution in [0.15, 0.2) is 57.5 Å². The van der Waals surface area contributed by atoms with Crippen molar-refractivity contribution in [1.29, 1.82) is 0 Å². The van der Waals surface area contributed by atoms with Crippen molar-refractivity contribution in [2.24, 2.45) is 0 Å². The van der Waals surface area contributed by atoms with E-state index in [-0.39, 0.29) is 0 Å². The maximum Gasteiger partial charge on any atom is 0.0609 e. The van der Waals surface area contributed by atoms with Gasteiger partial charge in [0.1, 0.15) is 0 Å². The number of aromatic amines is 1. The van der Waals surface area contributed by atoms with Gasteiger partial charge >= 0.3 is 0 Å². The summed E-state index contributed by atoms with van der Waals surface area (Å²) in [4.78, 5) is 3.44. The average molecular weight is 351 g/mol. The zero-order valence-electron chi connectivity index (χ0n) is 8.87. The summed E-state index contributed by atoms with van der Waals surface area (Å²) in [5, 5.41) is 1.21. The van der Waals surface area contributed by atoms with E-state index in [0.29, 0.717) is 0 Å². The Bertz CT molecular complexity index is 668. The molecule has 0 saturated carbocycles. The quantitative estimate of drug-likeness (QED) is 0.608. The van der Waals surface area contributed by atoms with Crippen molar-refractivity contribution in [3.05, 3.63) is 57.5 Å². The van der Waals surface area contributed by atoms with Crippen LogP contribution in [0, 0.1) is 0 Å². The van der Waals surface area contributed by atoms with Gasteiger partial charge in [0.2, 0.25) is 0 Å². The van der Waals surface area contributed by atoms with Crippen LogP contribution in [0.25, 0.3) is 22.2 Å². The van der Waals surface area contributed by atoms with E-state index in [9.17, 15) is 0 Å². The van der Waals surface area contributed by atoms with E-state index in [4.69, 9.17) is 0 Å². The summed E-state index contributed by atoms with van der Waals surface area (Å²) in [7, 11) is 0. The second-order valence-corrected chi connectivity index (χ2v) is 5.58. The first-order valence-electron chi connectivity index (χ1n) is 5.28. The Morgan fingerprint density at radius 1 is 0.824 bits per heavy atom. The summed E-state index contributed by atoms with van der Waals surface area (Å²) in [5.41, 5.74) is 3.45. The minimum absolute atomic E-state index is 1.09. The number of rotatable bonds is 1. The lowest BCUT2D eigenvalue weighted by Crippen LogP contribution is -1.77. The van der Waals surface area contributed by atoms with Crippen molar-refractivity contribution in [3.8, 4) is 11.3 Å². The molecule has 1 aromatic heterocycles. The highest BCUT2D eigenvalue weighted by atomic mass is 79.9. The van der Waals surface area contributed by atoms with Gasteiger partial charge in [-0.25, -0.2) is 0 Å². The first-order chi connectivity index (χ1) is 8.25. The third-order valence-corrected chi connectivity index (χ3v) is 4.13. The van der Waals surface area contributed by atoms with E-state index in [1.165, 1.54) is 10.9 Å². The Morgan fingerprint density at radius 2 is 1.53 bits per heavy atom. The summed E-state index contributed by atoms with van der Waals surface area (Å²) in [6.07, 6.45) is 0. The highest BCUT2D eigenvalue weighted by molar-refractivity contribution is 9.11. The number of benzene rings is 2. The number of halogens is 2. The zero-order chi connectivity index (χ0) is 11.8. The van der Waals surface area contributed by atoms with E-state index < -0.39 is 0 Å². The number of hydrogen-bond donors (Lipinski definition) is 1. The van der Waals surface area contributed by atoms with Crippen molar-refractivity contribution in [3.63, 3.8) is 0 Å². The van der Waals surface area contributed by atoms with Crippen molar-refractivity contribution in [2.45, 2.75) is 0 Å². The van der Waals surface area contributed by atoms with Crippen LogP contribution in [0.4, 0.5) is 0 Å². The SMILES string of the molecule is Brc1ccc(-c2[nH]c3ccccc3c2Br)cc1. The van der Waals surface area contributed by atoms with Gasteiger partial charge in [-0.1, -0.05) is 46.3 Å². The van der Waals surface area contributed by atoms with Gasteiger partial charge < -0.3 is 4.98 Å². The predicted octanol–water partition coefficient (Wildman–Crippen LogP) is 5.36. The number of hydrogen-bond acceptors (Lipinski definition) is 0. The predicted molar refractivity (Wildman–Crippen MR) is 79.1 cm³/mol. The second-order valence-electron chi connectivity index (χ2n) is 3.87. The number of nitrogens with one attached hydrogen (secondary N) is 1. The molecule has 84 valence electrons. The van der Waals surface area contributed by atoms with Crippen molar-refractivity contribution >= 4 is 42.8 Å². The van der Waals surface area contributed by atoms with Crippen LogP contribution in [0.1, 0.15) is 0 Å². The lowest BCUT2D eigenvalue weighted by molar-refractivity contribution is 1.44. The third kappa shape index (κ3) is 1.94. The van der Waals surface area contributed by atoms with E-state index in [1.54, 1.807) is 0 Å². The van der Waals surface area contributed by atoms with Gasteiger partial charge in [-0.05, 0) is 39.7 Å². The smallest absolute Gasteiger partial charge is 0.0609 e. The fourth-order valence-corrected chi connectivity index (χ4v) is 2.86. The summed E-state index contributed by atoms with van der Waals surface area (Å²) >= 11 is 7.11. The molecule has 0 atom stereocenters. The Kier molecular flexibility index (Phi) is 2.81. The molecule has 0 aliphatic rings. The maximum atomic E-state index is 3.66. The third-order valence-electron chi connectivity index (χ3n) is 2.78. The highest BCUT2D eigenvalue weighted by Gasteiger charge is 2.09.